The Hall–Kier alpha value is -3.08. The molecule has 3 rings (SSSR count). The van der Waals surface area contributed by atoms with E-state index in [1.54, 1.807) is 24.2 Å². The molecule has 1 fully saturated rings. The minimum absolute atomic E-state index is 0.00446. The van der Waals surface area contributed by atoms with Gasteiger partial charge in [-0.25, -0.2) is 0 Å². The van der Waals surface area contributed by atoms with Gasteiger partial charge in [0.05, 0.1) is 7.11 Å². The Kier molecular flexibility index (Phi) is 6.26. The van der Waals surface area contributed by atoms with E-state index in [0.29, 0.717) is 31.7 Å². The first-order chi connectivity index (χ1) is 13.2. The molecule has 5 nitrogen and oxygen atoms in total. The molecule has 5 heteroatoms. The fourth-order valence-electron chi connectivity index (χ4n) is 3.14. The van der Waals surface area contributed by atoms with E-state index in [9.17, 15) is 9.59 Å². The molecule has 2 aromatic rings. The van der Waals surface area contributed by atoms with Crippen LogP contribution in [0.25, 0.3) is 6.08 Å². The minimum Gasteiger partial charge on any atom is -0.497 e. The molecule has 0 radical (unpaired) electrons. The highest BCUT2D eigenvalue weighted by Crippen LogP contribution is 2.22. The van der Waals surface area contributed by atoms with Crippen LogP contribution in [0.5, 0.6) is 5.75 Å². The number of likely N-dealkylation sites (tertiary alicyclic amines) is 1. The summed E-state index contributed by atoms with van der Waals surface area (Å²) in [4.78, 5) is 26.6. The number of amides is 2. The van der Waals surface area contributed by atoms with Gasteiger partial charge in [-0.15, -0.1) is 0 Å². The van der Waals surface area contributed by atoms with Crippen molar-refractivity contribution >= 4 is 23.6 Å². The van der Waals surface area contributed by atoms with Crippen molar-refractivity contribution in [3.8, 4) is 5.75 Å². The molecule has 1 aliphatic heterocycles. The summed E-state index contributed by atoms with van der Waals surface area (Å²) in [6.07, 6.45) is 4.76. The van der Waals surface area contributed by atoms with Crippen LogP contribution in [0.3, 0.4) is 0 Å². The lowest BCUT2D eigenvalue weighted by atomic mass is 9.95. The lowest BCUT2D eigenvalue weighted by molar-refractivity contribution is -0.130. The maximum absolute atomic E-state index is 12.5. The SMILES string of the molecule is COc1cccc(NC(=O)C2CCN(C(=O)/C=C/c3ccccc3)CC2)c1. The number of hydrogen-bond acceptors (Lipinski definition) is 3. The van der Waals surface area contributed by atoms with Crippen LogP contribution in [-0.4, -0.2) is 36.9 Å². The van der Waals surface area contributed by atoms with Crippen molar-refractivity contribution in [2.75, 3.05) is 25.5 Å². The van der Waals surface area contributed by atoms with Gasteiger partial charge in [-0.1, -0.05) is 36.4 Å². The standard InChI is InChI=1S/C22H24N2O3/c1-27-20-9-5-8-19(16-20)23-22(26)18-12-14-24(15-13-18)21(25)11-10-17-6-3-2-4-7-17/h2-11,16,18H,12-15H2,1H3,(H,23,26)/b11-10+. The van der Waals surface area contributed by atoms with Crippen molar-refractivity contribution in [2.45, 2.75) is 12.8 Å². The van der Waals surface area contributed by atoms with Crippen molar-refractivity contribution in [3.05, 3.63) is 66.2 Å². The molecule has 1 heterocycles. The second-order valence-corrected chi connectivity index (χ2v) is 6.56. The molecule has 1 aliphatic rings. The molecule has 0 aliphatic carbocycles. The highest BCUT2D eigenvalue weighted by Gasteiger charge is 2.26. The molecule has 140 valence electrons. The van der Waals surface area contributed by atoms with Gasteiger partial charge >= 0.3 is 0 Å². The molecule has 0 spiro atoms. The van der Waals surface area contributed by atoms with Crippen LogP contribution in [0.1, 0.15) is 18.4 Å². The van der Waals surface area contributed by atoms with Gasteiger partial charge in [-0.3, -0.25) is 9.59 Å². The molecular formula is C22H24N2O3. The van der Waals surface area contributed by atoms with E-state index in [2.05, 4.69) is 5.32 Å². The number of hydrogen-bond donors (Lipinski definition) is 1. The summed E-state index contributed by atoms with van der Waals surface area (Å²) < 4.78 is 5.18. The number of nitrogens with one attached hydrogen (secondary N) is 1. The molecule has 1 saturated heterocycles. The topological polar surface area (TPSA) is 58.6 Å². The summed E-state index contributed by atoms with van der Waals surface area (Å²) in [6.45, 7) is 1.18. The Labute approximate surface area is 159 Å². The van der Waals surface area contributed by atoms with Gasteiger partial charge < -0.3 is 15.0 Å². The number of piperidine rings is 1. The third-order valence-electron chi connectivity index (χ3n) is 4.73. The highest BCUT2D eigenvalue weighted by atomic mass is 16.5. The lowest BCUT2D eigenvalue weighted by Gasteiger charge is -2.30. The molecular weight excluding hydrogens is 340 g/mol. The zero-order valence-electron chi connectivity index (χ0n) is 15.4. The second-order valence-electron chi connectivity index (χ2n) is 6.56. The third-order valence-corrected chi connectivity index (χ3v) is 4.73. The summed E-state index contributed by atoms with van der Waals surface area (Å²) in [6, 6.07) is 17.1. The third kappa shape index (κ3) is 5.20. The zero-order valence-corrected chi connectivity index (χ0v) is 15.4. The first-order valence-electron chi connectivity index (χ1n) is 9.12. The minimum atomic E-state index is -0.0849. The van der Waals surface area contributed by atoms with Crippen LogP contribution < -0.4 is 10.1 Å². The number of rotatable bonds is 5. The van der Waals surface area contributed by atoms with Crippen LogP contribution in [0, 0.1) is 5.92 Å². The van der Waals surface area contributed by atoms with E-state index < -0.39 is 0 Å². The normalized spacial score (nSPS) is 14.9. The van der Waals surface area contributed by atoms with Crippen LogP contribution in [-0.2, 0) is 9.59 Å². The van der Waals surface area contributed by atoms with Crippen molar-refractivity contribution < 1.29 is 14.3 Å². The largest absolute Gasteiger partial charge is 0.497 e. The number of anilines is 1. The van der Waals surface area contributed by atoms with Gasteiger partial charge in [0, 0.05) is 36.8 Å². The van der Waals surface area contributed by atoms with Crippen molar-refractivity contribution in [2.24, 2.45) is 5.92 Å². The average Bonchev–Trinajstić information content (AvgIpc) is 2.73. The maximum atomic E-state index is 12.5. The predicted molar refractivity (Wildman–Crippen MR) is 106 cm³/mol. The summed E-state index contributed by atoms with van der Waals surface area (Å²) in [5, 5.41) is 2.94. The van der Waals surface area contributed by atoms with Gasteiger partial charge in [-0.2, -0.15) is 0 Å². The van der Waals surface area contributed by atoms with E-state index in [1.165, 1.54) is 0 Å². The molecule has 0 atom stereocenters. The Morgan fingerprint density at radius 1 is 1.07 bits per heavy atom. The molecule has 2 aromatic carbocycles. The van der Waals surface area contributed by atoms with Gasteiger partial charge in [-0.05, 0) is 36.6 Å². The molecule has 27 heavy (non-hydrogen) atoms. The van der Waals surface area contributed by atoms with Crippen molar-refractivity contribution in [1.82, 2.24) is 4.90 Å². The van der Waals surface area contributed by atoms with E-state index in [1.807, 2.05) is 54.6 Å². The number of nitrogens with zero attached hydrogens (tertiary/aromatic N) is 1. The Bertz CT molecular complexity index is 809. The van der Waals surface area contributed by atoms with E-state index in [0.717, 1.165) is 11.3 Å². The molecule has 1 N–H and O–H groups in total. The smallest absolute Gasteiger partial charge is 0.246 e. The number of carbonyl (C=O) groups is 2. The van der Waals surface area contributed by atoms with Gasteiger partial charge in [0.2, 0.25) is 11.8 Å². The van der Waals surface area contributed by atoms with E-state index in [-0.39, 0.29) is 17.7 Å². The summed E-state index contributed by atoms with van der Waals surface area (Å²) in [5.41, 5.74) is 1.72. The number of methoxy groups -OCH3 is 1. The van der Waals surface area contributed by atoms with Gasteiger partial charge in [0.15, 0.2) is 0 Å². The fourth-order valence-corrected chi connectivity index (χ4v) is 3.14. The highest BCUT2D eigenvalue weighted by molar-refractivity contribution is 5.94. The molecule has 0 bridgehead atoms. The average molecular weight is 364 g/mol. The lowest BCUT2D eigenvalue weighted by Crippen LogP contribution is -2.40. The molecule has 0 aromatic heterocycles. The van der Waals surface area contributed by atoms with Gasteiger partial charge in [0.25, 0.3) is 0 Å². The van der Waals surface area contributed by atoms with Gasteiger partial charge in [0.1, 0.15) is 5.75 Å². The first kappa shape index (κ1) is 18.7. The van der Waals surface area contributed by atoms with E-state index in [4.69, 9.17) is 4.74 Å². The van der Waals surface area contributed by atoms with E-state index >= 15 is 0 Å². The Morgan fingerprint density at radius 3 is 2.52 bits per heavy atom. The summed E-state index contributed by atoms with van der Waals surface area (Å²) in [7, 11) is 1.60. The Morgan fingerprint density at radius 2 is 1.81 bits per heavy atom. The number of benzene rings is 2. The van der Waals surface area contributed by atoms with Crippen molar-refractivity contribution in [3.63, 3.8) is 0 Å². The van der Waals surface area contributed by atoms with Crippen LogP contribution in [0.2, 0.25) is 0 Å². The molecule has 2 amide bonds. The summed E-state index contributed by atoms with van der Waals surface area (Å²) in [5.74, 6) is 0.609. The van der Waals surface area contributed by atoms with Crippen LogP contribution in [0.4, 0.5) is 5.69 Å². The fraction of sp³-hybridized carbons (Fsp3) is 0.273. The quantitative estimate of drug-likeness (QED) is 0.825. The van der Waals surface area contributed by atoms with Crippen LogP contribution in [0.15, 0.2) is 60.7 Å². The number of ether oxygens (including phenoxy) is 1. The first-order valence-corrected chi connectivity index (χ1v) is 9.12. The monoisotopic (exact) mass is 364 g/mol. The Balaban J connectivity index is 1.50. The molecule has 0 saturated carbocycles. The summed E-state index contributed by atoms with van der Waals surface area (Å²) >= 11 is 0. The maximum Gasteiger partial charge on any atom is 0.246 e. The van der Waals surface area contributed by atoms with Crippen molar-refractivity contribution in [1.29, 1.82) is 0 Å². The zero-order chi connectivity index (χ0) is 19.1. The second kappa shape index (κ2) is 9.03. The number of carbonyl (C=O) groups excluding carboxylic acids is 2. The predicted octanol–water partition coefficient (Wildman–Crippen LogP) is 3.59. The van der Waals surface area contributed by atoms with Crippen LogP contribution >= 0.6 is 0 Å². The molecule has 0 unspecified atom stereocenters.